The summed E-state index contributed by atoms with van der Waals surface area (Å²) in [6.45, 7) is 6.65. The molecule has 28 heavy (non-hydrogen) atoms. The molecule has 1 aliphatic heterocycles. The highest BCUT2D eigenvalue weighted by atomic mass is 16.6. The van der Waals surface area contributed by atoms with Crippen molar-refractivity contribution in [2.45, 2.75) is 45.6 Å². The lowest BCUT2D eigenvalue weighted by Crippen LogP contribution is -2.39. The molecular formula is C20H25N5O3. The summed E-state index contributed by atoms with van der Waals surface area (Å²) in [7, 11) is 0. The van der Waals surface area contributed by atoms with E-state index >= 15 is 0 Å². The van der Waals surface area contributed by atoms with Gasteiger partial charge >= 0.3 is 6.09 Å². The summed E-state index contributed by atoms with van der Waals surface area (Å²) >= 11 is 0. The van der Waals surface area contributed by atoms with Crippen LogP contribution in [0.25, 0.3) is 11.2 Å². The minimum Gasteiger partial charge on any atom is -0.444 e. The molecule has 8 nitrogen and oxygen atoms in total. The zero-order valence-corrected chi connectivity index (χ0v) is 16.4. The number of carbonyl (C=O) groups excluding carboxylic acids is 2. The second-order valence-electron chi connectivity index (χ2n) is 8.29. The zero-order valence-electron chi connectivity index (χ0n) is 16.4. The van der Waals surface area contributed by atoms with Crippen molar-refractivity contribution >= 4 is 29.2 Å². The first-order valence-corrected chi connectivity index (χ1v) is 9.64. The molecule has 0 saturated heterocycles. The molecule has 148 valence electrons. The Labute approximate surface area is 163 Å². The van der Waals surface area contributed by atoms with E-state index in [0.717, 1.165) is 24.1 Å². The summed E-state index contributed by atoms with van der Waals surface area (Å²) in [5.74, 6) is 0.421. The van der Waals surface area contributed by atoms with Crippen LogP contribution in [0.2, 0.25) is 0 Å². The van der Waals surface area contributed by atoms with Crippen LogP contribution in [0.5, 0.6) is 0 Å². The van der Waals surface area contributed by atoms with Crippen molar-refractivity contribution in [3.05, 3.63) is 30.0 Å². The average Bonchev–Trinajstić information content (AvgIpc) is 3.40. The summed E-state index contributed by atoms with van der Waals surface area (Å²) in [4.78, 5) is 30.3. The van der Waals surface area contributed by atoms with Gasteiger partial charge in [0.15, 0.2) is 5.65 Å². The number of aromatic nitrogens is 3. The van der Waals surface area contributed by atoms with Gasteiger partial charge in [0.2, 0.25) is 11.9 Å². The molecule has 0 radical (unpaired) electrons. The lowest BCUT2D eigenvalue weighted by atomic mass is 10.0. The number of fused-ring (bicyclic) bond motifs is 1. The quantitative estimate of drug-likeness (QED) is 0.880. The minimum atomic E-state index is -0.505. The Balaban J connectivity index is 1.52. The van der Waals surface area contributed by atoms with Crippen LogP contribution < -0.4 is 5.32 Å². The zero-order chi connectivity index (χ0) is 19.9. The molecule has 1 fully saturated rings. The Bertz CT molecular complexity index is 952. The van der Waals surface area contributed by atoms with E-state index in [1.807, 2.05) is 45.0 Å². The fourth-order valence-electron chi connectivity index (χ4n) is 3.15. The standard InChI is InChI=1S/C20H25N5O3/c1-20(2,3)28-19(27)24-11-9-13(10-12-24)15-5-4-6-16-21-18(23-25(15)16)22-17(26)14-7-8-14/h4-6,9,14H,7-8,10-12H2,1-3H3,(H,22,23,26). The van der Waals surface area contributed by atoms with Crippen LogP contribution in [0, 0.1) is 5.92 Å². The van der Waals surface area contributed by atoms with Crippen molar-refractivity contribution < 1.29 is 14.3 Å². The van der Waals surface area contributed by atoms with Crippen LogP contribution in [0.3, 0.4) is 0 Å². The number of hydrogen-bond acceptors (Lipinski definition) is 5. The van der Waals surface area contributed by atoms with Crippen LogP contribution in [0.15, 0.2) is 24.3 Å². The van der Waals surface area contributed by atoms with E-state index in [9.17, 15) is 9.59 Å². The van der Waals surface area contributed by atoms with Gasteiger partial charge in [0, 0.05) is 19.0 Å². The maximum absolute atomic E-state index is 12.2. The van der Waals surface area contributed by atoms with Gasteiger partial charge in [0.1, 0.15) is 5.60 Å². The molecule has 0 atom stereocenters. The summed E-state index contributed by atoms with van der Waals surface area (Å²) < 4.78 is 7.19. The monoisotopic (exact) mass is 383 g/mol. The minimum absolute atomic E-state index is 0.0117. The summed E-state index contributed by atoms with van der Waals surface area (Å²) in [6.07, 6.45) is 4.29. The number of ether oxygens (including phenoxy) is 1. The van der Waals surface area contributed by atoms with Gasteiger partial charge in [-0.25, -0.2) is 9.31 Å². The molecule has 2 aromatic heterocycles. The van der Waals surface area contributed by atoms with Crippen molar-refractivity contribution in [2.24, 2.45) is 5.92 Å². The molecule has 1 aliphatic carbocycles. The van der Waals surface area contributed by atoms with Crippen molar-refractivity contribution in [3.8, 4) is 0 Å². The van der Waals surface area contributed by atoms with Crippen LogP contribution in [-0.4, -0.2) is 50.2 Å². The molecule has 1 N–H and O–H groups in total. The molecule has 0 spiro atoms. The summed E-state index contributed by atoms with van der Waals surface area (Å²) in [5, 5.41) is 7.26. The van der Waals surface area contributed by atoms with Gasteiger partial charge in [-0.15, -0.1) is 5.10 Å². The Morgan fingerprint density at radius 2 is 2.04 bits per heavy atom. The van der Waals surface area contributed by atoms with Gasteiger partial charge < -0.3 is 9.64 Å². The maximum Gasteiger partial charge on any atom is 0.410 e. The molecule has 3 heterocycles. The van der Waals surface area contributed by atoms with E-state index in [0.29, 0.717) is 31.1 Å². The smallest absolute Gasteiger partial charge is 0.410 e. The first-order valence-electron chi connectivity index (χ1n) is 9.64. The molecule has 0 bridgehead atoms. The predicted octanol–water partition coefficient (Wildman–Crippen LogP) is 3.10. The van der Waals surface area contributed by atoms with Crippen LogP contribution >= 0.6 is 0 Å². The molecular weight excluding hydrogens is 358 g/mol. The first-order chi connectivity index (χ1) is 13.3. The molecule has 2 amide bonds. The highest BCUT2D eigenvalue weighted by Gasteiger charge is 2.30. The third-order valence-corrected chi connectivity index (χ3v) is 4.73. The lowest BCUT2D eigenvalue weighted by Gasteiger charge is -2.29. The Morgan fingerprint density at radius 3 is 2.68 bits per heavy atom. The molecule has 2 aliphatic rings. The second-order valence-corrected chi connectivity index (χ2v) is 8.29. The molecule has 0 unspecified atom stereocenters. The normalized spacial score (nSPS) is 17.4. The number of rotatable bonds is 3. The van der Waals surface area contributed by atoms with E-state index in [2.05, 4.69) is 15.4 Å². The fourth-order valence-corrected chi connectivity index (χ4v) is 3.15. The van der Waals surface area contributed by atoms with Gasteiger partial charge in [-0.2, -0.15) is 4.98 Å². The van der Waals surface area contributed by atoms with Gasteiger partial charge in [-0.05, 0) is 57.7 Å². The topological polar surface area (TPSA) is 88.8 Å². The van der Waals surface area contributed by atoms with E-state index in [1.165, 1.54) is 0 Å². The van der Waals surface area contributed by atoms with Crippen molar-refractivity contribution in [2.75, 3.05) is 18.4 Å². The predicted molar refractivity (Wildman–Crippen MR) is 105 cm³/mol. The number of nitrogens with one attached hydrogen (secondary N) is 1. The first kappa shape index (κ1) is 18.5. The van der Waals surface area contributed by atoms with Gasteiger partial charge in [0.25, 0.3) is 0 Å². The van der Waals surface area contributed by atoms with Crippen LogP contribution in [-0.2, 0) is 9.53 Å². The highest BCUT2D eigenvalue weighted by molar-refractivity contribution is 5.92. The Morgan fingerprint density at radius 1 is 1.25 bits per heavy atom. The third-order valence-electron chi connectivity index (χ3n) is 4.73. The van der Waals surface area contributed by atoms with Gasteiger partial charge in [-0.3, -0.25) is 10.1 Å². The number of amides is 2. The molecule has 1 saturated carbocycles. The van der Waals surface area contributed by atoms with Crippen molar-refractivity contribution in [1.29, 1.82) is 0 Å². The number of anilines is 1. The maximum atomic E-state index is 12.2. The molecule has 8 heteroatoms. The summed E-state index contributed by atoms with van der Waals surface area (Å²) in [5.41, 5.74) is 2.18. The molecule has 4 rings (SSSR count). The van der Waals surface area contributed by atoms with Crippen molar-refractivity contribution in [3.63, 3.8) is 0 Å². The van der Waals surface area contributed by atoms with Gasteiger partial charge in [-0.1, -0.05) is 12.1 Å². The molecule has 2 aromatic rings. The molecule has 0 aromatic carbocycles. The van der Waals surface area contributed by atoms with E-state index in [-0.39, 0.29) is 17.9 Å². The van der Waals surface area contributed by atoms with E-state index in [1.54, 1.807) is 9.42 Å². The number of carbonyl (C=O) groups is 2. The fraction of sp³-hybridized carbons (Fsp3) is 0.500. The van der Waals surface area contributed by atoms with Crippen LogP contribution in [0.1, 0.15) is 45.7 Å². The SMILES string of the molecule is CC(C)(C)OC(=O)N1CC=C(c2cccc3nc(NC(=O)C4CC4)nn23)CC1. The second kappa shape index (κ2) is 6.92. The third kappa shape index (κ3) is 4.00. The summed E-state index contributed by atoms with van der Waals surface area (Å²) in [6, 6.07) is 5.76. The number of pyridine rings is 1. The van der Waals surface area contributed by atoms with E-state index < -0.39 is 5.60 Å². The van der Waals surface area contributed by atoms with Crippen LogP contribution in [0.4, 0.5) is 10.7 Å². The highest BCUT2D eigenvalue weighted by Crippen LogP contribution is 2.30. The lowest BCUT2D eigenvalue weighted by molar-refractivity contribution is -0.117. The average molecular weight is 383 g/mol. The van der Waals surface area contributed by atoms with E-state index in [4.69, 9.17) is 4.74 Å². The number of hydrogen-bond donors (Lipinski definition) is 1. The van der Waals surface area contributed by atoms with Gasteiger partial charge in [0.05, 0.1) is 5.69 Å². The van der Waals surface area contributed by atoms with Crippen molar-refractivity contribution in [1.82, 2.24) is 19.5 Å². The Hall–Kier alpha value is -2.90. The largest absolute Gasteiger partial charge is 0.444 e. The Kier molecular flexibility index (Phi) is 4.56. The number of nitrogens with zero attached hydrogens (tertiary/aromatic N) is 4.